The summed E-state index contributed by atoms with van der Waals surface area (Å²) in [6.07, 6.45) is 5.54. The minimum Gasteiger partial charge on any atom is -0.306 e. The van der Waals surface area contributed by atoms with E-state index < -0.39 is 6.03 Å². The van der Waals surface area contributed by atoms with E-state index in [2.05, 4.69) is 32.3 Å². The van der Waals surface area contributed by atoms with Gasteiger partial charge in [-0.1, -0.05) is 24.1 Å². The average Bonchev–Trinajstić information content (AvgIpc) is 3.47. The number of anilines is 1. The van der Waals surface area contributed by atoms with Crippen LogP contribution < -0.4 is 5.32 Å². The van der Waals surface area contributed by atoms with E-state index in [0.717, 1.165) is 16.8 Å². The van der Waals surface area contributed by atoms with Crippen molar-refractivity contribution >= 4 is 23.6 Å². The highest BCUT2D eigenvalue weighted by molar-refractivity contribution is 5.91. The zero-order valence-electron chi connectivity index (χ0n) is 17.7. The van der Waals surface area contributed by atoms with Crippen molar-refractivity contribution in [2.24, 2.45) is 5.10 Å². The fourth-order valence-corrected chi connectivity index (χ4v) is 3.66. The Balaban J connectivity index is 1.36. The molecule has 3 heterocycles. The standard InChI is InChI=1S/C25H19FN6O/c1-17-7-9-21(15-18(17)8-10-22-16-27-24-6-3-12-28-31(22)24)30-25(33)32-23(11-13-29-32)19-4-2-5-20(26)14-19/h2-7,9,12-16,23H,11H2,1H3,(H,30,33)/t23-/m1/s1. The van der Waals surface area contributed by atoms with Crippen LogP contribution in [0.25, 0.3) is 5.65 Å². The van der Waals surface area contributed by atoms with E-state index in [1.807, 2.05) is 37.3 Å². The van der Waals surface area contributed by atoms with Crippen molar-refractivity contribution < 1.29 is 9.18 Å². The molecule has 5 rings (SSSR count). The second-order valence-corrected chi connectivity index (χ2v) is 7.60. The topological polar surface area (TPSA) is 74.9 Å². The quantitative estimate of drug-likeness (QED) is 0.467. The maximum absolute atomic E-state index is 13.7. The number of hydrazone groups is 1. The molecule has 162 valence electrons. The molecule has 2 amide bonds. The Labute approximate surface area is 189 Å². The van der Waals surface area contributed by atoms with Gasteiger partial charge in [-0.2, -0.15) is 10.2 Å². The van der Waals surface area contributed by atoms with E-state index in [1.165, 1.54) is 17.1 Å². The van der Waals surface area contributed by atoms with E-state index in [1.54, 1.807) is 35.3 Å². The third kappa shape index (κ3) is 4.16. The van der Waals surface area contributed by atoms with Crippen LogP contribution in [0.2, 0.25) is 0 Å². The zero-order valence-corrected chi connectivity index (χ0v) is 17.7. The number of aromatic nitrogens is 3. The lowest BCUT2D eigenvalue weighted by Crippen LogP contribution is -2.31. The number of fused-ring (bicyclic) bond motifs is 1. The molecule has 2 aromatic heterocycles. The van der Waals surface area contributed by atoms with E-state index >= 15 is 0 Å². The van der Waals surface area contributed by atoms with Gasteiger partial charge in [0, 0.05) is 30.1 Å². The minimum atomic E-state index is -0.397. The van der Waals surface area contributed by atoms with Crippen LogP contribution in [0.1, 0.15) is 34.8 Å². The summed E-state index contributed by atoms with van der Waals surface area (Å²) in [6.45, 7) is 1.95. The van der Waals surface area contributed by atoms with Crippen molar-refractivity contribution in [1.82, 2.24) is 19.6 Å². The first-order valence-corrected chi connectivity index (χ1v) is 10.4. The van der Waals surface area contributed by atoms with Gasteiger partial charge in [0.1, 0.15) is 11.5 Å². The lowest BCUT2D eigenvalue weighted by atomic mass is 10.0. The monoisotopic (exact) mass is 438 g/mol. The molecule has 0 spiro atoms. The maximum atomic E-state index is 13.7. The number of aryl methyl sites for hydroxylation is 1. The Kier molecular flexibility index (Phi) is 5.29. The Bertz CT molecular complexity index is 1450. The summed E-state index contributed by atoms with van der Waals surface area (Å²) in [4.78, 5) is 17.2. The molecule has 0 fully saturated rings. The van der Waals surface area contributed by atoms with Gasteiger partial charge in [-0.15, -0.1) is 0 Å². The number of rotatable bonds is 2. The van der Waals surface area contributed by atoms with Gasteiger partial charge in [0.25, 0.3) is 0 Å². The number of carbonyl (C=O) groups excluding carboxylic acids is 1. The first-order valence-electron chi connectivity index (χ1n) is 10.4. The molecule has 1 aliphatic heterocycles. The predicted molar refractivity (Wildman–Crippen MR) is 123 cm³/mol. The lowest BCUT2D eigenvalue weighted by Gasteiger charge is -2.22. The smallest absolute Gasteiger partial charge is 0.306 e. The van der Waals surface area contributed by atoms with Gasteiger partial charge in [-0.3, -0.25) is 0 Å². The van der Waals surface area contributed by atoms with Crippen molar-refractivity contribution in [3.63, 3.8) is 0 Å². The molecule has 33 heavy (non-hydrogen) atoms. The van der Waals surface area contributed by atoms with Gasteiger partial charge >= 0.3 is 6.03 Å². The Morgan fingerprint density at radius 1 is 1.15 bits per heavy atom. The van der Waals surface area contributed by atoms with Crippen LogP contribution in [0.3, 0.4) is 0 Å². The molecule has 0 saturated heterocycles. The first kappa shape index (κ1) is 20.4. The Hall–Kier alpha value is -4.51. The summed E-state index contributed by atoms with van der Waals surface area (Å²) in [5.74, 6) is 5.90. The fraction of sp³-hybridized carbons (Fsp3) is 0.120. The average molecular weight is 438 g/mol. The second-order valence-electron chi connectivity index (χ2n) is 7.60. The van der Waals surface area contributed by atoms with Gasteiger partial charge in [-0.05, 0) is 60.4 Å². The Morgan fingerprint density at radius 2 is 2.06 bits per heavy atom. The summed E-state index contributed by atoms with van der Waals surface area (Å²) < 4.78 is 15.3. The summed E-state index contributed by atoms with van der Waals surface area (Å²) in [5.41, 5.74) is 4.41. The number of urea groups is 1. The molecule has 1 aliphatic rings. The number of nitrogens with one attached hydrogen (secondary N) is 1. The SMILES string of the molecule is Cc1ccc(NC(=O)N2N=CC[C@@H]2c2cccc(F)c2)cc1C#Cc1cnc2cccnn12. The molecule has 0 saturated carbocycles. The number of hydrogen-bond donors (Lipinski definition) is 1. The molecule has 4 aromatic rings. The molecule has 0 bridgehead atoms. The van der Waals surface area contributed by atoms with Gasteiger partial charge in [-0.25, -0.2) is 23.7 Å². The van der Waals surface area contributed by atoms with Crippen molar-refractivity contribution in [1.29, 1.82) is 0 Å². The van der Waals surface area contributed by atoms with Gasteiger partial charge in [0.15, 0.2) is 5.65 Å². The first-order chi connectivity index (χ1) is 16.1. The zero-order chi connectivity index (χ0) is 22.8. The number of nitrogens with zero attached hydrogens (tertiary/aromatic N) is 5. The minimum absolute atomic E-state index is 0.345. The molecular formula is C25H19FN6O. The third-order valence-corrected chi connectivity index (χ3v) is 5.36. The number of amides is 2. The highest BCUT2D eigenvalue weighted by Crippen LogP contribution is 2.29. The van der Waals surface area contributed by atoms with Gasteiger partial charge < -0.3 is 5.32 Å². The van der Waals surface area contributed by atoms with Gasteiger partial charge in [0.05, 0.1) is 12.2 Å². The molecule has 2 aromatic carbocycles. The number of benzene rings is 2. The Morgan fingerprint density at radius 3 is 2.94 bits per heavy atom. The van der Waals surface area contributed by atoms with Crippen molar-refractivity contribution in [3.05, 3.63) is 95.2 Å². The van der Waals surface area contributed by atoms with E-state index in [-0.39, 0.29) is 11.9 Å². The predicted octanol–water partition coefficient (Wildman–Crippen LogP) is 4.54. The molecule has 1 N–H and O–H groups in total. The summed E-state index contributed by atoms with van der Waals surface area (Å²) >= 11 is 0. The van der Waals surface area contributed by atoms with E-state index in [4.69, 9.17) is 0 Å². The molecule has 0 unspecified atom stereocenters. The molecule has 7 nitrogen and oxygen atoms in total. The molecule has 8 heteroatoms. The molecule has 1 atom stereocenters. The van der Waals surface area contributed by atoms with Crippen LogP contribution in [0.4, 0.5) is 14.9 Å². The maximum Gasteiger partial charge on any atom is 0.342 e. The molecule has 0 radical (unpaired) electrons. The number of hydrogen-bond acceptors (Lipinski definition) is 4. The van der Waals surface area contributed by atoms with E-state index in [0.29, 0.717) is 23.4 Å². The van der Waals surface area contributed by atoms with Crippen LogP contribution >= 0.6 is 0 Å². The highest BCUT2D eigenvalue weighted by atomic mass is 19.1. The number of carbonyl (C=O) groups is 1. The molecular weight excluding hydrogens is 419 g/mol. The third-order valence-electron chi connectivity index (χ3n) is 5.36. The fourth-order valence-electron chi connectivity index (χ4n) is 3.66. The van der Waals surface area contributed by atoms with Crippen LogP contribution in [-0.2, 0) is 0 Å². The lowest BCUT2D eigenvalue weighted by molar-refractivity contribution is 0.200. The van der Waals surface area contributed by atoms with Crippen LogP contribution in [0.5, 0.6) is 0 Å². The van der Waals surface area contributed by atoms with Crippen molar-refractivity contribution in [2.45, 2.75) is 19.4 Å². The molecule has 0 aliphatic carbocycles. The van der Waals surface area contributed by atoms with Crippen LogP contribution in [0, 0.1) is 24.6 Å². The largest absolute Gasteiger partial charge is 0.342 e. The normalized spacial score (nSPS) is 14.8. The number of halogens is 1. The van der Waals surface area contributed by atoms with Crippen molar-refractivity contribution in [2.75, 3.05) is 5.32 Å². The second kappa shape index (κ2) is 8.55. The summed E-state index contributed by atoms with van der Waals surface area (Å²) in [5, 5.41) is 12.7. The van der Waals surface area contributed by atoms with Crippen LogP contribution in [0.15, 0.2) is 72.1 Å². The summed E-state index contributed by atoms with van der Waals surface area (Å²) in [7, 11) is 0. The van der Waals surface area contributed by atoms with E-state index in [9.17, 15) is 9.18 Å². The highest BCUT2D eigenvalue weighted by Gasteiger charge is 2.28. The summed E-state index contributed by atoms with van der Waals surface area (Å²) in [6, 6.07) is 14.7. The number of imidazole rings is 1. The van der Waals surface area contributed by atoms with Crippen molar-refractivity contribution in [3.8, 4) is 11.8 Å². The van der Waals surface area contributed by atoms with Crippen LogP contribution in [-0.4, -0.2) is 31.9 Å². The van der Waals surface area contributed by atoms with Gasteiger partial charge in [0.2, 0.25) is 0 Å².